The molecule has 0 amide bonds. The highest BCUT2D eigenvalue weighted by Crippen LogP contribution is 2.14. The van der Waals surface area contributed by atoms with E-state index in [4.69, 9.17) is 5.26 Å². The normalized spacial score (nSPS) is 10.0. The van der Waals surface area contributed by atoms with Crippen molar-refractivity contribution < 1.29 is 0 Å². The summed E-state index contributed by atoms with van der Waals surface area (Å²) in [6.07, 6.45) is 2.24. The highest BCUT2D eigenvalue weighted by Gasteiger charge is 1.99. The van der Waals surface area contributed by atoms with Gasteiger partial charge in [0.15, 0.2) is 0 Å². The fraction of sp³-hybridized carbons (Fsp3) is 0.250. The lowest BCUT2D eigenvalue weighted by Gasteiger charge is -2.03. The molecule has 2 rings (SSSR count). The largest absolute Gasteiger partial charge is 0.353 e. The van der Waals surface area contributed by atoms with Crippen molar-refractivity contribution in [1.29, 1.82) is 5.26 Å². The Morgan fingerprint density at radius 1 is 1.44 bits per heavy atom. The van der Waals surface area contributed by atoms with E-state index >= 15 is 0 Å². The van der Waals surface area contributed by atoms with Crippen LogP contribution in [0.3, 0.4) is 0 Å². The van der Waals surface area contributed by atoms with Crippen molar-refractivity contribution in [2.75, 3.05) is 11.9 Å². The van der Waals surface area contributed by atoms with Gasteiger partial charge in [-0.1, -0.05) is 12.1 Å². The summed E-state index contributed by atoms with van der Waals surface area (Å²) in [5.74, 6) is 0.577. The first-order valence-corrected chi connectivity index (χ1v) is 5.14. The number of nitrogens with zero attached hydrogens (tertiary/aromatic N) is 3. The molecule has 0 bridgehead atoms. The van der Waals surface area contributed by atoms with Gasteiger partial charge < -0.3 is 5.32 Å². The number of rotatable bonds is 3. The molecule has 0 unspecified atom stereocenters. The third-order valence-electron chi connectivity index (χ3n) is 2.26. The molecule has 0 aliphatic heterocycles. The molecule has 0 aliphatic carbocycles. The first-order valence-electron chi connectivity index (χ1n) is 5.14. The predicted molar refractivity (Wildman–Crippen MR) is 63.0 cm³/mol. The van der Waals surface area contributed by atoms with Crippen LogP contribution in [0.2, 0.25) is 0 Å². The van der Waals surface area contributed by atoms with Crippen molar-refractivity contribution in [3.8, 4) is 6.07 Å². The first-order chi connectivity index (χ1) is 7.79. The van der Waals surface area contributed by atoms with Gasteiger partial charge >= 0.3 is 0 Å². The van der Waals surface area contributed by atoms with Crippen LogP contribution in [0.1, 0.15) is 12.0 Å². The smallest absolute Gasteiger partial charge is 0.223 e. The van der Waals surface area contributed by atoms with E-state index in [0.29, 0.717) is 18.9 Å². The molecule has 80 valence electrons. The SMILES string of the molecule is Cc1ccc2cnc(NCCC#N)nc2c1. The van der Waals surface area contributed by atoms with Crippen molar-refractivity contribution in [1.82, 2.24) is 9.97 Å². The molecule has 2 aromatic rings. The molecule has 4 nitrogen and oxygen atoms in total. The summed E-state index contributed by atoms with van der Waals surface area (Å²) in [6, 6.07) is 8.13. The summed E-state index contributed by atoms with van der Waals surface area (Å²) in [5.41, 5.74) is 2.10. The Kier molecular flexibility index (Phi) is 2.97. The molecule has 0 spiro atoms. The first kappa shape index (κ1) is 10.4. The zero-order chi connectivity index (χ0) is 11.4. The average Bonchev–Trinajstić information content (AvgIpc) is 2.29. The Morgan fingerprint density at radius 3 is 3.12 bits per heavy atom. The highest BCUT2D eigenvalue weighted by atomic mass is 15.1. The van der Waals surface area contributed by atoms with Crippen molar-refractivity contribution in [2.45, 2.75) is 13.3 Å². The molecule has 0 fully saturated rings. The van der Waals surface area contributed by atoms with Gasteiger partial charge in [-0.15, -0.1) is 0 Å². The number of nitriles is 1. The van der Waals surface area contributed by atoms with E-state index in [2.05, 4.69) is 21.4 Å². The van der Waals surface area contributed by atoms with Gasteiger partial charge in [0.2, 0.25) is 5.95 Å². The number of aromatic nitrogens is 2. The summed E-state index contributed by atoms with van der Waals surface area (Å²) >= 11 is 0. The van der Waals surface area contributed by atoms with Gasteiger partial charge in [-0.05, 0) is 18.6 Å². The number of hydrogen-bond donors (Lipinski definition) is 1. The summed E-state index contributed by atoms with van der Waals surface area (Å²) in [5, 5.41) is 12.5. The van der Waals surface area contributed by atoms with Gasteiger partial charge in [-0.3, -0.25) is 0 Å². The lowest BCUT2D eigenvalue weighted by atomic mass is 10.2. The van der Waals surface area contributed by atoms with Gasteiger partial charge in [0.05, 0.1) is 18.0 Å². The number of fused-ring (bicyclic) bond motifs is 1. The Hall–Kier alpha value is -2.15. The number of nitrogens with one attached hydrogen (secondary N) is 1. The minimum absolute atomic E-state index is 0.454. The molecule has 1 aromatic carbocycles. The van der Waals surface area contributed by atoms with Crippen LogP contribution in [0.25, 0.3) is 10.9 Å². The molecule has 1 heterocycles. The van der Waals surface area contributed by atoms with E-state index in [0.717, 1.165) is 10.9 Å². The van der Waals surface area contributed by atoms with Gasteiger partial charge in [0.25, 0.3) is 0 Å². The third-order valence-corrected chi connectivity index (χ3v) is 2.26. The molecule has 1 aromatic heterocycles. The lowest BCUT2D eigenvalue weighted by Crippen LogP contribution is -2.04. The number of anilines is 1. The molecule has 1 N–H and O–H groups in total. The summed E-state index contributed by atoms with van der Waals surface area (Å²) in [6.45, 7) is 2.61. The Labute approximate surface area is 94.0 Å². The fourth-order valence-electron chi connectivity index (χ4n) is 1.45. The molecular weight excluding hydrogens is 200 g/mol. The Morgan fingerprint density at radius 2 is 2.31 bits per heavy atom. The van der Waals surface area contributed by atoms with Gasteiger partial charge in [-0.25, -0.2) is 9.97 Å². The van der Waals surface area contributed by atoms with E-state index in [1.165, 1.54) is 5.56 Å². The maximum atomic E-state index is 8.42. The Bertz CT molecular complexity index is 542. The summed E-state index contributed by atoms with van der Waals surface area (Å²) in [7, 11) is 0. The van der Waals surface area contributed by atoms with Crippen molar-refractivity contribution in [2.24, 2.45) is 0 Å². The standard InChI is InChI=1S/C12H12N4/c1-9-3-4-10-8-15-12(14-6-2-5-13)16-11(10)7-9/h3-4,7-8H,2,6H2,1H3,(H,14,15,16). The zero-order valence-electron chi connectivity index (χ0n) is 9.07. The maximum Gasteiger partial charge on any atom is 0.223 e. The molecule has 0 saturated heterocycles. The van der Waals surface area contributed by atoms with Gasteiger partial charge in [0, 0.05) is 18.1 Å². The zero-order valence-corrected chi connectivity index (χ0v) is 9.07. The molecule has 0 atom stereocenters. The summed E-state index contributed by atoms with van der Waals surface area (Å²) < 4.78 is 0. The fourth-order valence-corrected chi connectivity index (χ4v) is 1.45. The maximum absolute atomic E-state index is 8.42. The second-order valence-electron chi connectivity index (χ2n) is 3.59. The second kappa shape index (κ2) is 4.58. The van der Waals surface area contributed by atoms with E-state index in [-0.39, 0.29) is 0 Å². The van der Waals surface area contributed by atoms with Gasteiger partial charge in [0.1, 0.15) is 0 Å². The molecular formula is C12H12N4. The second-order valence-corrected chi connectivity index (χ2v) is 3.59. The van der Waals surface area contributed by atoms with Crippen LogP contribution >= 0.6 is 0 Å². The van der Waals surface area contributed by atoms with Crippen LogP contribution in [-0.2, 0) is 0 Å². The van der Waals surface area contributed by atoms with Crippen LogP contribution in [0, 0.1) is 18.3 Å². The third kappa shape index (κ3) is 2.26. The predicted octanol–water partition coefficient (Wildman–Crippen LogP) is 2.26. The molecule has 16 heavy (non-hydrogen) atoms. The minimum Gasteiger partial charge on any atom is -0.353 e. The molecule has 0 aliphatic rings. The monoisotopic (exact) mass is 212 g/mol. The molecule has 4 heteroatoms. The van der Waals surface area contributed by atoms with Crippen LogP contribution in [0.5, 0.6) is 0 Å². The average molecular weight is 212 g/mol. The number of benzene rings is 1. The van der Waals surface area contributed by atoms with Crippen molar-refractivity contribution in [3.63, 3.8) is 0 Å². The van der Waals surface area contributed by atoms with Crippen LogP contribution in [0.4, 0.5) is 5.95 Å². The van der Waals surface area contributed by atoms with E-state index in [9.17, 15) is 0 Å². The van der Waals surface area contributed by atoms with E-state index < -0.39 is 0 Å². The molecule has 0 radical (unpaired) electrons. The van der Waals surface area contributed by atoms with Crippen LogP contribution < -0.4 is 5.32 Å². The Balaban J connectivity index is 2.25. The van der Waals surface area contributed by atoms with Crippen molar-refractivity contribution in [3.05, 3.63) is 30.0 Å². The topological polar surface area (TPSA) is 61.6 Å². The minimum atomic E-state index is 0.454. The summed E-state index contributed by atoms with van der Waals surface area (Å²) in [4.78, 5) is 8.55. The van der Waals surface area contributed by atoms with Crippen LogP contribution in [-0.4, -0.2) is 16.5 Å². The van der Waals surface area contributed by atoms with E-state index in [1.54, 1.807) is 6.20 Å². The number of aryl methyl sites for hydroxylation is 1. The van der Waals surface area contributed by atoms with E-state index in [1.807, 2.05) is 25.1 Å². The molecule has 0 saturated carbocycles. The highest BCUT2D eigenvalue weighted by molar-refractivity contribution is 5.79. The van der Waals surface area contributed by atoms with Crippen LogP contribution in [0.15, 0.2) is 24.4 Å². The van der Waals surface area contributed by atoms with Crippen molar-refractivity contribution >= 4 is 16.9 Å². The number of hydrogen-bond acceptors (Lipinski definition) is 4. The van der Waals surface area contributed by atoms with Gasteiger partial charge in [-0.2, -0.15) is 5.26 Å². The quantitative estimate of drug-likeness (QED) is 0.793. The lowest BCUT2D eigenvalue weighted by molar-refractivity contribution is 1.03.